The molecule has 0 radical (unpaired) electrons. The molecule has 0 aliphatic carbocycles. The second-order valence-corrected chi connectivity index (χ2v) is 14.6. The quantitative estimate of drug-likeness (QED) is 0.0568. The summed E-state index contributed by atoms with van der Waals surface area (Å²) in [4.78, 5) is 94.2. The number of benzene rings is 3. The van der Waals surface area contributed by atoms with E-state index >= 15 is 0 Å². The molecule has 4 rings (SSSR count). The summed E-state index contributed by atoms with van der Waals surface area (Å²) in [5.74, 6) is -6.76. The van der Waals surface area contributed by atoms with Gasteiger partial charge in [0.15, 0.2) is 6.04 Å². The maximum Gasteiger partial charge on any atom is 0.328 e. The molecule has 20 heteroatoms. The molecule has 1 aliphatic heterocycles. The van der Waals surface area contributed by atoms with Crippen molar-refractivity contribution in [3.05, 3.63) is 89.5 Å². The van der Waals surface area contributed by atoms with Gasteiger partial charge in [0.05, 0.1) is 19.3 Å². The molecule has 1 fully saturated rings. The lowest BCUT2D eigenvalue weighted by molar-refractivity contribution is -0.145. The second-order valence-electron chi connectivity index (χ2n) is 14.6. The largest absolute Gasteiger partial charge is 0.508 e. The average Bonchev–Trinajstić information content (AvgIpc) is 3.73. The maximum absolute atomic E-state index is 14.4. The van der Waals surface area contributed by atoms with Gasteiger partial charge < -0.3 is 67.9 Å². The number of amides is 6. The second kappa shape index (κ2) is 22.0. The minimum absolute atomic E-state index is 0.0353. The fourth-order valence-corrected chi connectivity index (χ4v) is 6.63. The predicted octanol–water partition coefficient (Wildman–Crippen LogP) is -2.34. The van der Waals surface area contributed by atoms with Crippen molar-refractivity contribution in [2.24, 2.45) is 5.73 Å². The van der Waals surface area contributed by atoms with Crippen molar-refractivity contribution in [2.45, 2.75) is 81.4 Å². The van der Waals surface area contributed by atoms with Crippen LogP contribution in [0.3, 0.4) is 0 Å². The van der Waals surface area contributed by atoms with Crippen LogP contribution in [0.4, 0.5) is 0 Å². The number of likely N-dealkylation sites (tertiary alicyclic amines) is 1. The van der Waals surface area contributed by atoms with Gasteiger partial charge in [0.25, 0.3) is 0 Å². The Labute approximate surface area is 350 Å². The lowest BCUT2D eigenvalue weighted by Gasteiger charge is -2.31. The summed E-state index contributed by atoms with van der Waals surface area (Å²) >= 11 is 0. The first kappa shape index (κ1) is 46.9. The Hall–Kier alpha value is -6.77. The first-order valence-corrected chi connectivity index (χ1v) is 19.4. The molecule has 3 aromatic carbocycles. The Morgan fingerprint density at radius 3 is 1.52 bits per heavy atom. The summed E-state index contributed by atoms with van der Waals surface area (Å²) in [5.41, 5.74) is 6.91. The molecule has 1 saturated heterocycles. The van der Waals surface area contributed by atoms with E-state index in [4.69, 9.17) is 5.73 Å². The number of nitrogens with zero attached hydrogens (tertiary/aromatic N) is 1. The van der Waals surface area contributed by atoms with E-state index in [-0.39, 0.29) is 49.5 Å². The Bertz CT molecular complexity index is 2010. The molecule has 0 saturated carbocycles. The number of carboxylic acid groups (broad SMARTS) is 1. The molecule has 0 aromatic heterocycles. The number of hydrogen-bond acceptors (Lipinski definition) is 13. The third-order valence-electron chi connectivity index (χ3n) is 9.91. The summed E-state index contributed by atoms with van der Waals surface area (Å²) in [6.45, 7) is -0.194. The Kier molecular flexibility index (Phi) is 16.9. The summed E-state index contributed by atoms with van der Waals surface area (Å²) < 4.78 is 0. The molecule has 1 heterocycles. The summed E-state index contributed by atoms with van der Waals surface area (Å²) in [7, 11) is 0. The number of carbonyl (C=O) groups excluding carboxylic acids is 6. The number of aromatic hydroxyl groups is 3. The lowest BCUT2D eigenvalue weighted by Crippen LogP contribution is -2.60. The van der Waals surface area contributed by atoms with Gasteiger partial charge in [-0.1, -0.05) is 36.4 Å². The molecule has 13 N–H and O–H groups in total. The van der Waals surface area contributed by atoms with E-state index in [1.54, 1.807) is 0 Å². The van der Waals surface area contributed by atoms with E-state index in [0.29, 0.717) is 23.1 Å². The number of phenols is 3. The van der Waals surface area contributed by atoms with Crippen LogP contribution in [0.5, 0.6) is 17.2 Å². The van der Waals surface area contributed by atoms with Gasteiger partial charge in [-0.3, -0.25) is 28.8 Å². The number of aliphatic hydroxyl groups is 2. The zero-order valence-corrected chi connectivity index (χ0v) is 33.2. The van der Waals surface area contributed by atoms with E-state index in [9.17, 15) is 64.2 Å². The van der Waals surface area contributed by atoms with Crippen LogP contribution < -0.4 is 32.3 Å². The molecule has 0 bridgehead atoms. The van der Waals surface area contributed by atoms with Crippen molar-refractivity contribution < 1.29 is 64.2 Å². The Morgan fingerprint density at radius 2 is 1.08 bits per heavy atom. The van der Waals surface area contributed by atoms with Gasteiger partial charge in [-0.2, -0.15) is 0 Å². The van der Waals surface area contributed by atoms with Gasteiger partial charge in [0.1, 0.15) is 47.5 Å². The zero-order chi connectivity index (χ0) is 44.8. The van der Waals surface area contributed by atoms with Gasteiger partial charge in [0.2, 0.25) is 35.4 Å². The molecular formula is C41H51N7O13. The molecule has 7 atom stereocenters. The van der Waals surface area contributed by atoms with E-state index in [1.807, 2.05) is 0 Å². The minimum Gasteiger partial charge on any atom is -0.508 e. The van der Waals surface area contributed by atoms with Crippen molar-refractivity contribution in [1.82, 2.24) is 31.5 Å². The first-order valence-electron chi connectivity index (χ1n) is 19.4. The van der Waals surface area contributed by atoms with E-state index < -0.39 is 96.9 Å². The van der Waals surface area contributed by atoms with Crippen LogP contribution in [-0.2, 0) is 52.8 Å². The minimum atomic E-state index is -1.72. The van der Waals surface area contributed by atoms with Crippen molar-refractivity contribution in [3.8, 4) is 17.2 Å². The number of nitrogens with two attached hydrogens (primary N) is 1. The predicted molar refractivity (Wildman–Crippen MR) is 215 cm³/mol. The summed E-state index contributed by atoms with van der Waals surface area (Å²) in [5, 5.41) is 71.3. The third-order valence-corrected chi connectivity index (χ3v) is 9.91. The number of nitrogens with one attached hydrogen (secondary N) is 5. The SMILES string of the molecule is C[C@@H](O)[C@H](NC(=O)[C@H](Cc1ccc(O)cc1)NC(=O)[C@@H]1CCCN1C(=O)[C@H](Cc1ccc(O)cc1)NC(=O)[C@H](CO)NC(=O)[C@H](Cc1ccc(O)cc1)NC(=O)CN)C(=O)O. The fourth-order valence-electron chi connectivity index (χ4n) is 6.63. The highest BCUT2D eigenvalue weighted by molar-refractivity contribution is 5.97. The van der Waals surface area contributed by atoms with Crippen molar-refractivity contribution in [1.29, 1.82) is 0 Å². The molecular weight excluding hydrogens is 798 g/mol. The van der Waals surface area contributed by atoms with Crippen molar-refractivity contribution >= 4 is 41.4 Å². The summed E-state index contributed by atoms with van der Waals surface area (Å²) in [6, 6.07) is 8.52. The maximum atomic E-state index is 14.4. The number of phenolic OH excluding ortho intramolecular Hbond substituents is 3. The molecule has 1 aliphatic rings. The van der Waals surface area contributed by atoms with Crippen LogP contribution in [0, 0.1) is 0 Å². The Morgan fingerprint density at radius 1 is 0.656 bits per heavy atom. The van der Waals surface area contributed by atoms with Gasteiger partial charge in [0, 0.05) is 25.8 Å². The number of hydrogen-bond donors (Lipinski definition) is 12. The van der Waals surface area contributed by atoms with Crippen LogP contribution in [0.2, 0.25) is 0 Å². The van der Waals surface area contributed by atoms with Gasteiger partial charge in [-0.25, -0.2) is 4.79 Å². The third kappa shape index (κ3) is 13.6. The smallest absolute Gasteiger partial charge is 0.328 e. The Balaban J connectivity index is 1.56. The van der Waals surface area contributed by atoms with E-state index in [1.165, 1.54) is 77.7 Å². The normalized spacial score (nSPS) is 16.5. The topological polar surface area (TPSA) is 330 Å². The number of aliphatic hydroxyl groups excluding tert-OH is 2. The number of aliphatic carboxylic acids is 1. The summed E-state index contributed by atoms with van der Waals surface area (Å²) in [6.07, 6.45) is -1.49. The monoisotopic (exact) mass is 849 g/mol. The van der Waals surface area contributed by atoms with Crippen LogP contribution in [-0.4, -0.2) is 139 Å². The molecule has 20 nitrogen and oxygen atoms in total. The zero-order valence-electron chi connectivity index (χ0n) is 33.2. The van der Waals surface area contributed by atoms with Crippen molar-refractivity contribution in [3.63, 3.8) is 0 Å². The van der Waals surface area contributed by atoms with Gasteiger partial charge >= 0.3 is 5.97 Å². The lowest BCUT2D eigenvalue weighted by atomic mass is 10.0. The van der Waals surface area contributed by atoms with E-state index in [0.717, 1.165) is 6.92 Å². The number of carboxylic acids is 1. The standard InChI is InChI=1S/C41H51N7O13/c1-22(50)35(41(60)61)47-37(56)30(18-24-6-12-27(52)13-7-24)44-39(58)33-3-2-16-48(33)40(59)31(19-25-8-14-28(53)15-9-25)45-38(57)32(21-49)46-36(55)29(43-34(54)20-42)17-23-4-10-26(51)11-5-23/h4-15,22,29-33,35,49-53H,2-3,16-21,42H2,1H3,(H,43,54)(H,44,58)(H,45,57)(H,46,55)(H,47,56)(H,60,61)/t22-,29+,30+,31+,32+,33+,35+/m1/s1. The molecule has 328 valence electrons. The molecule has 3 aromatic rings. The van der Waals surface area contributed by atoms with E-state index in [2.05, 4.69) is 26.6 Å². The molecule has 0 unspecified atom stereocenters. The van der Waals surface area contributed by atoms with Crippen LogP contribution in [0.15, 0.2) is 72.8 Å². The van der Waals surface area contributed by atoms with Gasteiger partial charge in [-0.15, -0.1) is 0 Å². The van der Waals surface area contributed by atoms with Crippen LogP contribution in [0.1, 0.15) is 36.5 Å². The molecule has 0 spiro atoms. The highest BCUT2D eigenvalue weighted by atomic mass is 16.4. The highest BCUT2D eigenvalue weighted by Gasteiger charge is 2.40. The molecule has 6 amide bonds. The van der Waals surface area contributed by atoms with Crippen LogP contribution in [0.25, 0.3) is 0 Å². The first-order chi connectivity index (χ1) is 29.0. The average molecular weight is 850 g/mol. The number of carbonyl (C=O) groups is 7. The highest BCUT2D eigenvalue weighted by Crippen LogP contribution is 2.22. The van der Waals surface area contributed by atoms with Gasteiger partial charge in [-0.05, 0) is 72.9 Å². The molecule has 61 heavy (non-hydrogen) atoms. The van der Waals surface area contributed by atoms with Crippen LogP contribution >= 0.6 is 0 Å². The number of rotatable bonds is 20. The fraction of sp³-hybridized carbons (Fsp3) is 0.390. The van der Waals surface area contributed by atoms with Crippen molar-refractivity contribution in [2.75, 3.05) is 19.7 Å².